The monoisotopic (exact) mass is 277 g/mol. The van der Waals surface area contributed by atoms with Crippen molar-refractivity contribution in [3.63, 3.8) is 0 Å². The summed E-state index contributed by atoms with van der Waals surface area (Å²) in [6, 6.07) is 9.20. The maximum absolute atomic E-state index is 13.1. The third-order valence-electron chi connectivity index (χ3n) is 3.27. The number of hydrogen-bond donors (Lipinski definition) is 1. The number of thiophene rings is 1. The molecule has 1 atom stereocenters. The molecule has 0 aliphatic carbocycles. The molecule has 1 aromatic carbocycles. The standard InChI is InChI=1S/C16H20FNS/c1-4-9-18-16(13-5-7-14(17)8-6-13)15-10-11(2)12(3)19-15/h5-8,10,16,18H,4,9H2,1-3H3. The number of rotatable bonds is 5. The SMILES string of the molecule is CCCNC(c1ccc(F)cc1)c1cc(C)c(C)s1. The van der Waals surface area contributed by atoms with E-state index in [1.54, 1.807) is 0 Å². The minimum absolute atomic E-state index is 0.165. The molecule has 0 amide bonds. The zero-order chi connectivity index (χ0) is 13.8. The lowest BCUT2D eigenvalue weighted by Gasteiger charge is -2.17. The molecule has 0 aliphatic heterocycles. The quantitative estimate of drug-likeness (QED) is 0.842. The highest BCUT2D eigenvalue weighted by Crippen LogP contribution is 2.30. The molecule has 1 N–H and O–H groups in total. The largest absolute Gasteiger partial charge is 0.306 e. The van der Waals surface area contributed by atoms with E-state index in [4.69, 9.17) is 0 Å². The molecule has 2 rings (SSSR count). The number of halogens is 1. The fourth-order valence-electron chi connectivity index (χ4n) is 2.07. The summed E-state index contributed by atoms with van der Waals surface area (Å²) in [5.41, 5.74) is 2.45. The van der Waals surface area contributed by atoms with Crippen LogP contribution >= 0.6 is 11.3 Å². The van der Waals surface area contributed by atoms with Crippen molar-refractivity contribution in [2.75, 3.05) is 6.54 Å². The van der Waals surface area contributed by atoms with Crippen molar-refractivity contribution in [2.45, 2.75) is 33.2 Å². The second kappa shape index (κ2) is 6.31. The second-order valence-electron chi connectivity index (χ2n) is 4.83. The number of aryl methyl sites for hydroxylation is 2. The molecule has 0 bridgehead atoms. The van der Waals surface area contributed by atoms with Gasteiger partial charge in [0.2, 0.25) is 0 Å². The molecule has 0 radical (unpaired) electrons. The van der Waals surface area contributed by atoms with Gasteiger partial charge in [-0.25, -0.2) is 4.39 Å². The van der Waals surface area contributed by atoms with Gasteiger partial charge in [-0.05, 0) is 56.1 Å². The molecule has 1 nitrogen and oxygen atoms in total. The van der Waals surface area contributed by atoms with Crippen LogP contribution < -0.4 is 5.32 Å². The summed E-state index contributed by atoms with van der Waals surface area (Å²) in [4.78, 5) is 2.65. The van der Waals surface area contributed by atoms with Gasteiger partial charge in [-0.1, -0.05) is 19.1 Å². The van der Waals surface area contributed by atoms with Gasteiger partial charge in [0.05, 0.1) is 6.04 Å². The van der Waals surface area contributed by atoms with Crippen molar-refractivity contribution in [1.82, 2.24) is 5.32 Å². The lowest BCUT2D eigenvalue weighted by molar-refractivity contribution is 0.599. The van der Waals surface area contributed by atoms with Crippen LogP contribution in [0.1, 0.15) is 40.3 Å². The van der Waals surface area contributed by atoms with Crippen LogP contribution in [-0.2, 0) is 0 Å². The fourth-order valence-corrected chi connectivity index (χ4v) is 3.22. The van der Waals surface area contributed by atoms with Crippen molar-refractivity contribution in [3.05, 3.63) is 57.0 Å². The molecular formula is C16H20FNS. The Balaban J connectivity index is 2.32. The van der Waals surface area contributed by atoms with Gasteiger partial charge >= 0.3 is 0 Å². The van der Waals surface area contributed by atoms with E-state index in [0.717, 1.165) is 18.5 Å². The van der Waals surface area contributed by atoms with Gasteiger partial charge in [0.25, 0.3) is 0 Å². The van der Waals surface area contributed by atoms with Crippen LogP contribution in [0.25, 0.3) is 0 Å². The Labute approximate surface area is 118 Å². The van der Waals surface area contributed by atoms with E-state index in [2.05, 4.69) is 32.2 Å². The van der Waals surface area contributed by atoms with E-state index >= 15 is 0 Å². The van der Waals surface area contributed by atoms with Crippen molar-refractivity contribution in [3.8, 4) is 0 Å². The molecule has 0 saturated heterocycles. The molecule has 0 fully saturated rings. The Hall–Kier alpha value is -1.19. The molecule has 0 spiro atoms. The first-order valence-corrected chi connectivity index (χ1v) is 7.49. The van der Waals surface area contributed by atoms with Gasteiger partial charge in [-0.2, -0.15) is 0 Å². The highest BCUT2D eigenvalue weighted by Gasteiger charge is 2.16. The van der Waals surface area contributed by atoms with E-state index < -0.39 is 0 Å². The maximum Gasteiger partial charge on any atom is 0.123 e. The van der Waals surface area contributed by atoms with Crippen molar-refractivity contribution < 1.29 is 4.39 Å². The third-order valence-corrected chi connectivity index (χ3v) is 4.49. The summed E-state index contributed by atoms with van der Waals surface area (Å²) in [6.45, 7) is 7.39. The Morgan fingerprint density at radius 3 is 2.42 bits per heavy atom. The Morgan fingerprint density at radius 2 is 1.89 bits per heavy atom. The van der Waals surface area contributed by atoms with E-state index in [0.29, 0.717) is 0 Å². The zero-order valence-corrected chi connectivity index (χ0v) is 12.5. The molecule has 1 unspecified atom stereocenters. The van der Waals surface area contributed by atoms with Crippen LogP contribution in [0.4, 0.5) is 4.39 Å². The summed E-state index contributed by atoms with van der Waals surface area (Å²) in [5, 5.41) is 3.55. The summed E-state index contributed by atoms with van der Waals surface area (Å²) < 4.78 is 13.1. The first-order valence-electron chi connectivity index (χ1n) is 6.67. The number of benzene rings is 1. The van der Waals surface area contributed by atoms with Crippen LogP contribution in [0, 0.1) is 19.7 Å². The molecule has 0 aliphatic rings. The Morgan fingerprint density at radius 1 is 1.21 bits per heavy atom. The van der Waals surface area contributed by atoms with Crippen LogP contribution in [0.15, 0.2) is 30.3 Å². The first-order chi connectivity index (χ1) is 9.11. The molecule has 3 heteroatoms. The summed E-state index contributed by atoms with van der Waals surface area (Å²) >= 11 is 1.82. The molecular weight excluding hydrogens is 257 g/mol. The zero-order valence-electron chi connectivity index (χ0n) is 11.7. The predicted octanol–water partition coefficient (Wildman–Crippen LogP) is 4.59. The van der Waals surface area contributed by atoms with Crippen LogP contribution in [-0.4, -0.2) is 6.54 Å². The van der Waals surface area contributed by atoms with Crippen LogP contribution in [0.3, 0.4) is 0 Å². The fraction of sp³-hybridized carbons (Fsp3) is 0.375. The molecule has 2 aromatic rings. The van der Waals surface area contributed by atoms with Crippen molar-refractivity contribution in [1.29, 1.82) is 0 Å². The minimum atomic E-state index is -0.184. The summed E-state index contributed by atoms with van der Waals surface area (Å²) in [5.74, 6) is -0.184. The van der Waals surface area contributed by atoms with Gasteiger partial charge in [-0.15, -0.1) is 11.3 Å². The maximum atomic E-state index is 13.1. The minimum Gasteiger partial charge on any atom is -0.306 e. The topological polar surface area (TPSA) is 12.0 Å². The normalized spacial score (nSPS) is 12.6. The Kier molecular flexibility index (Phi) is 4.72. The van der Waals surface area contributed by atoms with Gasteiger partial charge in [0.15, 0.2) is 0 Å². The van der Waals surface area contributed by atoms with Crippen LogP contribution in [0.2, 0.25) is 0 Å². The smallest absolute Gasteiger partial charge is 0.123 e. The molecule has 1 heterocycles. The highest BCUT2D eigenvalue weighted by molar-refractivity contribution is 7.12. The van der Waals surface area contributed by atoms with E-state index in [9.17, 15) is 4.39 Å². The Bertz CT molecular complexity index is 511. The van der Waals surface area contributed by atoms with E-state index in [-0.39, 0.29) is 11.9 Å². The molecule has 102 valence electrons. The average Bonchev–Trinajstić information content (AvgIpc) is 2.72. The average molecular weight is 277 g/mol. The lowest BCUT2D eigenvalue weighted by atomic mass is 10.0. The van der Waals surface area contributed by atoms with Gasteiger partial charge in [0, 0.05) is 9.75 Å². The summed E-state index contributed by atoms with van der Waals surface area (Å²) in [7, 11) is 0. The lowest BCUT2D eigenvalue weighted by Crippen LogP contribution is -2.22. The van der Waals surface area contributed by atoms with Crippen molar-refractivity contribution >= 4 is 11.3 Å². The number of nitrogens with one attached hydrogen (secondary N) is 1. The molecule has 19 heavy (non-hydrogen) atoms. The second-order valence-corrected chi connectivity index (χ2v) is 6.11. The van der Waals surface area contributed by atoms with Crippen molar-refractivity contribution in [2.24, 2.45) is 0 Å². The van der Waals surface area contributed by atoms with Gasteiger partial charge in [-0.3, -0.25) is 0 Å². The van der Waals surface area contributed by atoms with E-state index in [1.165, 1.54) is 27.5 Å². The number of hydrogen-bond acceptors (Lipinski definition) is 2. The first kappa shape index (κ1) is 14.2. The van der Waals surface area contributed by atoms with Crippen LogP contribution in [0.5, 0.6) is 0 Å². The van der Waals surface area contributed by atoms with Gasteiger partial charge in [0.1, 0.15) is 5.82 Å². The molecule has 1 aromatic heterocycles. The van der Waals surface area contributed by atoms with Gasteiger partial charge < -0.3 is 5.32 Å². The predicted molar refractivity (Wildman–Crippen MR) is 80.3 cm³/mol. The highest BCUT2D eigenvalue weighted by atomic mass is 32.1. The van der Waals surface area contributed by atoms with E-state index in [1.807, 2.05) is 23.5 Å². The molecule has 0 saturated carbocycles. The summed E-state index contributed by atoms with van der Waals surface area (Å²) in [6.07, 6.45) is 1.08. The third kappa shape index (κ3) is 3.43.